The van der Waals surface area contributed by atoms with Crippen LogP contribution < -0.4 is 0 Å². The second-order valence-corrected chi connectivity index (χ2v) is 10.9. The Labute approximate surface area is 160 Å². The van der Waals surface area contributed by atoms with Gasteiger partial charge in [-0.05, 0) is 43.7 Å². The number of halogens is 1. The highest BCUT2D eigenvalue weighted by molar-refractivity contribution is 7.93. The number of carbonyl (C=O) groups excluding carboxylic acids is 1. The van der Waals surface area contributed by atoms with E-state index in [-0.39, 0.29) is 11.7 Å². The summed E-state index contributed by atoms with van der Waals surface area (Å²) in [6.07, 6.45) is 3.44. The molecule has 1 aliphatic carbocycles. The molecule has 2 saturated heterocycles. The smallest absolute Gasteiger partial charge is 0.229 e. The predicted molar refractivity (Wildman–Crippen MR) is 102 cm³/mol. The topological polar surface area (TPSA) is 59.0 Å². The number of amides is 1. The summed E-state index contributed by atoms with van der Waals surface area (Å²) in [4.78, 5) is 15.2. The molecule has 3 fully saturated rings. The second kappa shape index (κ2) is 6.85. The van der Waals surface area contributed by atoms with Crippen LogP contribution in [0.2, 0.25) is 0 Å². The van der Waals surface area contributed by atoms with Gasteiger partial charge in [-0.3, -0.25) is 4.79 Å². The van der Waals surface area contributed by atoms with Crippen molar-refractivity contribution in [1.82, 2.24) is 4.90 Å². The van der Waals surface area contributed by atoms with Gasteiger partial charge >= 0.3 is 0 Å². The Hall–Kier alpha value is -1.47. The highest BCUT2D eigenvalue weighted by Crippen LogP contribution is 2.50. The van der Waals surface area contributed by atoms with Gasteiger partial charge in [0.2, 0.25) is 5.91 Å². The standard InChI is InChI=1S/C20H27FN2O3S/c1-22-27(25)12-8-20(9-13-27)15-23(10-11-26-20)18(24)19(6-7-19)14-16-4-2-3-5-17(16)21/h2-5H,6-15H2,1H3. The molecule has 0 radical (unpaired) electrons. The van der Waals surface area contributed by atoms with Crippen molar-refractivity contribution >= 4 is 15.6 Å². The molecule has 7 heteroatoms. The van der Waals surface area contributed by atoms with Crippen LogP contribution in [-0.2, 0) is 25.7 Å². The monoisotopic (exact) mass is 394 g/mol. The van der Waals surface area contributed by atoms with Gasteiger partial charge in [-0.25, -0.2) is 13.0 Å². The van der Waals surface area contributed by atoms with E-state index in [9.17, 15) is 13.4 Å². The number of hydrogen-bond donors (Lipinski definition) is 0. The molecule has 3 aliphatic rings. The van der Waals surface area contributed by atoms with Crippen molar-refractivity contribution in [3.63, 3.8) is 0 Å². The average molecular weight is 395 g/mol. The lowest BCUT2D eigenvalue weighted by Crippen LogP contribution is -2.57. The van der Waals surface area contributed by atoms with Crippen molar-refractivity contribution in [1.29, 1.82) is 0 Å². The summed E-state index contributed by atoms with van der Waals surface area (Å²) in [5.41, 5.74) is -0.233. The van der Waals surface area contributed by atoms with E-state index in [4.69, 9.17) is 4.74 Å². The third-order valence-corrected chi connectivity index (χ3v) is 8.77. The largest absolute Gasteiger partial charge is 0.371 e. The van der Waals surface area contributed by atoms with Crippen LogP contribution in [0, 0.1) is 11.2 Å². The predicted octanol–water partition coefficient (Wildman–Crippen LogP) is 2.64. The lowest BCUT2D eigenvalue weighted by molar-refractivity contribution is -0.157. The van der Waals surface area contributed by atoms with E-state index in [1.54, 1.807) is 19.2 Å². The third-order valence-electron chi connectivity index (χ3n) is 6.42. The number of rotatable bonds is 3. The first kappa shape index (κ1) is 18.9. The van der Waals surface area contributed by atoms with Crippen LogP contribution in [0.4, 0.5) is 4.39 Å². The molecular weight excluding hydrogens is 367 g/mol. The zero-order valence-electron chi connectivity index (χ0n) is 15.8. The number of benzene rings is 1. The molecule has 0 unspecified atom stereocenters. The Morgan fingerprint density at radius 3 is 2.59 bits per heavy atom. The molecule has 148 valence electrons. The fraction of sp³-hybridized carbons (Fsp3) is 0.650. The SMILES string of the molecule is CN=S1(=O)CCC2(CC1)CN(C(=O)C1(Cc3ccccc3F)CC1)CCO2. The molecule has 4 rings (SSSR count). The number of carbonyl (C=O) groups is 1. The van der Waals surface area contributed by atoms with Crippen LogP contribution in [0.5, 0.6) is 0 Å². The van der Waals surface area contributed by atoms with Crippen LogP contribution in [0.1, 0.15) is 31.2 Å². The van der Waals surface area contributed by atoms with Crippen LogP contribution in [0.3, 0.4) is 0 Å². The molecular formula is C20H27FN2O3S. The van der Waals surface area contributed by atoms with Gasteiger partial charge in [0, 0.05) is 41.4 Å². The molecule has 1 aromatic carbocycles. The maximum absolute atomic E-state index is 14.1. The Kier molecular flexibility index (Phi) is 4.79. The molecule has 1 aromatic rings. The van der Waals surface area contributed by atoms with E-state index in [0.29, 0.717) is 56.0 Å². The molecule has 5 nitrogen and oxygen atoms in total. The average Bonchev–Trinajstić information content (AvgIpc) is 3.47. The van der Waals surface area contributed by atoms with Gasteiger partial charge in [-0.15, -0.1) is 0 Å². The van der Waals surface area contributed by atoms with Crippen molar-refractivity contribution in [2.24, 2.45) is 9.78 Å². The third kappa shape index (κ3) is 3.63. The summed E-state index contributed by atoms with van der Waals surface area (Å²) in [6, 6.07) is 6.73. The van der Waals surface area contributed by atoms with Crippen molar-refractivity contribution < 1.29 is 18.1 Å². The first-order valence-corrected chi connectivity index (χ1v) is 11.5. The van der Waals surface area contributed by atoms with Gasteiger partial charge in [-0.2, -0.15) is 0 Å². The summed E-state index contributed by atoms with van der Waals surface area (Å²) in [6.45, 7) is 1.63. The van der Waals surface area contributed by atoms with Crippen molar-refractivity contribution in [3.05, 3.63) is 35.6 Å². The lowest BCUT2D eigenvalue weighted by atomic mass is 9.91. The fourth-order valence-corrected chi connectivity index (χ4v) is 6.33. The maximum atomic E-state index is 14.1. The number of nitrogens with zero attached hydrogens (tertiary/aromatic N) is 2. The van der Waals surface area contributed by atoms with E-state index in [1.165, 1.54) is 6.07 Å². The molecule has 0 bridgehead atoms. The molecule has 1 amide bonds. The molecule has 2 heterocycles. The molecule has 1 saturated carbocycles. The van der Waals surface area contributed by atoms with Crippen LogP contribution in [0.25, 0.3) is 0 Å². The summed E-state index contributed by atoms with van der Waals surface area (Å²) in [5.74, 6) is 0.956. The fourth-order valence-electron chi connectivity index (χ4n) is 4.38. The summed E-state index contributed by atoms with van der Waals surface area (Å²) in [7, 11) is -0.480. The number of morpholine rings is 1. The van der Waals surface area contributed by atoms with Gasteiger partial charge in [0.15, 0.2) is 0 Å². The Bertz CT molecular complexity index is 845. The maximum Gasteiger partial charge on any atom is 0.229 e. The lowest BCUT2D eigenvalue weighted by Gasteiger charge is -2.46. The Morgan fingerprint density at radius 2 is 1.96 bits per heavy atom. The zero-order chi connectivity index (χ0) is 19.1. The van der Waals surface area contributed by atoms with Crippen molar-refractivity contribution in [2.75, 3.05) is 38.2 Å². The molecule has 0 atom stereocenters. The van der Waals surface area contributed by atoms with Gasteiger partial charge in [-0.1, -0.05) is 18.2 Å². The van der Waals surface area contributed by atoms with E-state index in [0.717, 1.165) is 12.8 Å². The van der Waals surface area contributed by atoms with Crippen LogP contribution >= 0.6 is 0 Å². The van der Waals surface area contributed by atoms with E-state index < -0.39 is 20.7 Å². The molecule has 0 N–H and O–H groups in total. The minimum absolute atomic E-state index is 0.125. The molecule has 27 heavy (non-hydrogen) atoms. The minimum Gasteiger partial charge on any atom is -0.371 e. The van der Waals surface area contributed by atoms with Gasteiger partial charge < -0.3 is 9.64 Å². The highest BCUT2D eigenvalue weighted by atomic mass is 32.2. The van der Waals surface area contributed by atoms with Gasteiger partial charge in [0.1, 0.15) is 5.82 Å². The summed E-state index contributed by atoms with van der Waals surface area (Å²) >= 11 is 0. The van der Waals surface area contributed by atoms with E-state index in [1.807, 2.05) is 11.0 Å². The van der Waals surface area contributed by atoms with Crippen LogP contribution in [0.15, 0.2) is 28.6 Å². The normalized spacial score (nSPS) is 32.3. The first-order valence-electron chi connectivity index (χ1n) is 9.67. The zero-order valence-corrected chi connectivity index (χ0v) is 16.6. The van der Waals surface area contributed by atoms with Gasteiger partial charge in [0.05, 0.1) is 17.6 Å². The van der Waals surface area contributed by atoms with Gasteiger partial charge in [0.25, 0.3) is 0 Å². The summed E-state index contributed by atoms with van der Waals surface area (Å²) < 4.78 is 36.7. The first-order chi connectivity index (χ1) is 12.9. The van der Waals surface area contributed by atoms with Crippen molar-refractivity contribution in [3.8, 4) is 0 Å². The number of hydrogen-bond acceptors (Lipinski definition) is 4. The Balaban J connectivity index is 1.46. The van der Waals surface area contributed by atoms with Crippen molar-refractivity contribution in [2.45, 2.75) is 37.7 Å². The summed E-state index contributed by atoms with van der Waals surface area (Å²) in [5, 5.41) is 0. The molecule has 1 spiro atoms. The second-order valence-electron chi connectivity index (χ2n) is 8.17. The highest BCUT2D eigenvalue weighted by Gasteiger charge is 2.53. The van der Waals surface area contributed by atoms with E-state index >= 15 is 0 Å². The molecule has 2 aliphatic heterocycles. The van der Waals surface area contributed by atoms with Crippen LogP contribution in [-0.4, -0.2) is 58.9 Å². The quantitative estimate of drug-likeness (QED) is 0.792. The van der Waals surface area contributed by atoms with E-state index in [2.05, 4.69) is 4.36 Å². The number of ether oxygens (including phenoxy) is 1. The molecule has 0 aromatic heterocycles. The minimum atomic E-state index is -2.10. The Morgan fingerprint density at radius 1 is 1.26 bits per heavy atom.